The molecule has 2 amide bonds. The van der Waals surface area contributed by atoms with Gasteiger partial charge in [-0.15, -0.1) is 0 Å². The zero-order chi connectivity index (χ0) is 15.2. The van der Waals surface area contributed by atoms with Gasteiger partial charge in [0, 0.05) is 6.54 Å². The number of carbonyl (C=O) groups excluding carboxylic acids is 1. The number of aliphatic carboxylic acids is 1. The quantitative estimate of drug-likeness (QED) is 0.779. The maximum absolute atomic E-state index is 11.9. The second-order valence-electron chi connectivity index (χ2n) is 5.70. The van der Waals surface area contributed by atoms with Gasteiger partial charge < -0.3 is 15.7 Å². The largest absolute Gasteiger partial charge is 0.479 e. The Balaban J connectivity index is 1.88. The molecule has 1 aliphatic rings. The van der Waals surface area contributed by atoms with Crippen LogP contribution in [0.2, 0.25) is 0 Å². The van der Waals surface area contributed by atoms with E-state index in [0.717, 1.165) is 6.42 Å². The molecule has 0 saturated heterocycles. The molecule has 1 aromatic rings. The standard InChI is InChI=1S/C16H22N2O3/c1-11-6-5-9-13(11)10-17-16(21)18-14(15(19)20)12-7-3-2-4-8-12/h2-4,7-8,11,13-14H,5-6,9-10H2,1H3,(H,19,20)(H2,17,18,21)/t11?,13?,14-/m0/s1. The maximum Gasteiger partial charge on any atom is 0.330 e. The highest BCUT2D eigenvalue weighted by Crippen LogP contribution is 2.30. The van der Waals surface area contributed by atoms with Crippen molar-refractivity contribution in [2.24, 2.45) is 11.8 Å². The van der Waals surface area contributed by atoms with E-state index in [9.17, 15) is 14.7 Å². The van der Waals surface area contributed by atoms with E-state index < -0.39 is 18.0 Å². The Morgan fingerprint density at radius 1 is 1.29 bits per heavy atom. The van der Waals surface area contributed by atoms with E-state index >= 15 is 0 Å². The fraction of sp³-hybridized carbons (Fsp3) is 0.500. The first-order valence-electron chi connectivity index (χ1n) is 7.40. The molecule has 0 spiro atoms. The molecule has 1 aromatic carbocycles. The third-order valence-corrected chi connectivity index (χ3v) is 4.22. The summed E-state index contributed by atoms with van der Waals surface area (Å²) < 4.78 is 0. The summed E-state index contributed by atoms with van der Waals surface area (Å²) >= 11 is 0. The summed E-state index contributed by atoms with van der Waals surface area (Å²) in [6, 6.07) is 7.26. The predicted molar refractivity (Wildman–Crippen MR) is 79.9 cm³/mol. The minimum atomic E-state index is -1.06. The Labute approximate surface area is 124 Å². The van der Waals surface area contributed by atoms with Crippen LogP contribution in [0.15, 0.2) is 30.3 Å². The third kappa shape index (κ3) is 4.21. The van der Waals surface area contributed by atoms with E-state index in [1.165, 1.54) is 12.8 Å². The molecule has 5 heteroatoms. The lowest BCUT2D eigenvalue weighted by molar-refractivity contribution is -0.139. The van der Waals surface area contributed by atoms with Gasteiger partial charge in [0.05, 0.1) is 0 Å². The molecule has 3 N–H and O–H groups in total. The average Bonchev–Trinajstić information content (AvgIpc) is 2.88. The molecule has 0 radical (unpaired) electrons. The van der Waals surface area contributed by atoms with Crippen molar-refractivity contribution in [3.8, 4) is 0 Å². The van der Waals surface area contributed by atoms with Crippen molar-refractivity contribution in [1.82, 2.24) is 10.6 Å². The second-order valence-corrected chi connectivity index (χ2v) is 5.70. The maximum atomic E-state index is 11.9. The normalized spacial score (nSPS) is 22.5. The van der Waals surface area contributed by atoms with Crippen LogP contribution in [0, 0.1) is 11.8 Å². The SMILES string of the molecule is CC1CCCC1CNC(=O)N[C@H](C(=O)O)c1ccccc1. The minimum Gasteiger partial charge on any atom is -0.479 e. The third-order valence-electron chi connectivity index (χ3n) is 4.22. The average molecular weight is 290 g/mol. The number of hydrogen-bond donors (Lipinski definition) is 3. The molecule has 1 saturated carbocycles. The van der Waals surface area contributed by atoms with Crippen molar-refractivity contribution in [1.29, 1.82) is 0 Å². The van der Waals surface area contributed by atoms with Gasteiger partial charge in [-0.3, -0.25) is 0 Å². The lowest BCUT2D eigenvalue weighted by Gasteiger charge is -2.19. The van der Waals surface area contributed by atoms with E-state index in [1.807, 2.05) is 6.07 Å². The number of carboxylic acids is 1. The molecule has 0 aliphatic heterocycles. The fourth-order valence-corrected chi connectivity index (χ4v) is 2.86. The van der Waals surface area contributed by atoms with Crippen molar-refractivity contribution < 1.29 is 14.7 Å². The Kier molecular flexibility index (Phi) is 5.20. The lowest BCUT2D eigenvalue weighted by atomic mass is 9.98. The monoisotopic (exact) mass is 290 g/mol. The Morgan fingerprint density at radius 3 is 2.57 bits per heavy atom. The highest BCUT2D eigenvalue weighted by Gasteiger charge is 2.25. The van der Waals surface area contributed by atoms with Gasteiger partial charge in [-0.1, -0.05) is 50.1 Å². The molecular weight excluding hydrogens is 268 g/mol. The molecule has 1 fully saturated rings. The second kappa shape index (κ2) is 7.11. The molecular formula is C16H22N2O3. The number of benzene rings is 1. The van der Waals surface area contributed by atoms with Crippen LogP contribution in [-0.4, -0.2) is 23.7 Å². The zero-order valence-electron chi connectivity index (χ0n) is 12.2. The fourth-order valence-electron chi connectivity index (χ4n) is 2.86. The minimum absolute atomic E-state index is 0.426. The highest BCUT2D eigenvalue weighted by molar-refractivity contribution is 5.83. The number of carboxylic acid groups (broad SMARTS) is 1. The van der Waals surface area contributed by atoms with Crippen LogP contribution in [0.4, 0.5) is 4.79 Å². The van der Waals surface area contributed by atoms with Gasteiger partial charge in [-0.2, -0.15) is 0 Å². The number of amides is 2. The van der Waals surface area contributed by atoms with Gasteiger partial charge in [-0.05, 0) is 23.8 Å². The predicted octanol–water partition coefficient (Wildman–Crippen LogP) is 2.55. The van der Waals surface area contributed by atoms with Gasteiger partial charge in [-0.25, -0.2) is 9.59 Å². The van der Waals surface area contributed by atoms with E-state index in [1.54, 1.807) is 24.3 Å². The zero-order valence-corrected chi connectivity index (χ0v) is 12.2. The summed E-state index contributed by atoms with van der Waals surface area (Å²) in [5.41, 5.74) is 0.564. The topological polar surface area (TPSA) is 78.4 Å². The number of carbonyl (C=O) groups is 2. The van der Waals surface area contributed by atoms with Crippen molar-refractivity contribution >= 4 is 12.0 Å². The van der Waals surface area contributed by atoms with Crippen LogP contribution in [0.3, 0.4) is 0 Å². The highest BCUT2D eigenvalue weighted by atomic mass is 16.4. The summed E-state index contributed by atoms with van der Waals surface area (Å²) in [4.78, 5) is 23.2. The van der Waals surface area contributed by atoms with Gasteiger partial charge in [0.2, 0.25) is 0 Å². The van der Waals surface area contributed by atoms with E-state index in [-0.39, 0.29) is 0 Å². The van der Waals surface area contributed by atoms with Crippen LogP contribution in [0.25, 0.3) is 0 Å². The van der Waals surface area contributed by atoms with Crippen molar-refractivity contribution in [3.05, 3.63) is 35.9 Å². The Bertz CT molecular complexity index is 490. The van der Waals surface area contributed by atoms with Gasteiger partial charge in [0.1, 0.15) is 0 Å². The smallest absolute Gasteiger partial charge is 0.330 e. The van der Waals surface area contributed by atoms with Crippen LogP contribution in [0.5, 0.6) is 0 Å². The summed E-state index contributed by atoms with van der Waals surface area (Å²) in [5, 5.41) is 14.6. The molecule has 114 valence electrons. The van der Waals surface area contributed by atoms with Gasteiger partial charge in [0.25, 0.3) is 0 Å². The summed E-state index contributed by atoms with van der Waals surface area (Å²) in [6.07, 6.45) is 3.54. The Morgan fingerprint density at radius 2 is 2.00 bits per heavy atom. The van der Waals surface area contributed by atoms with Gasteiger partial charge >= 0.3 is 12.0 Å². The molecule has 21 heavy (non-hydrogen) atoms. The Hall–Kier alpha value is -2.04. The first-order valence-corrected chi connectivity index (χ1v) is 7.40. The molecule has 0 aromatic heterocycles. The van der Waals surface area contributed by atoms with Crippen molar-refractivity contribution in [2.45, 2.75) is 32.2 Å². The van der Waals surface area contributed by atoms with Crippen molar-refractivity contribution in [2.75, 3.05) is 6.54 Å². The molecule has 3 atom stereocenters. The number of urea groups is 1. The van der Waals surface area contributed by atoms with E-state index in [0.29, 0.717) is 23.9 Å². The van der Waals surface area contributed by atoms with E-state index in [2.05, 4.69) is 17.6 Å². The number of hydrogen-bond acceptors (Lipinski definition) is 2. The first-order chi connectivity index (χ1) is 10.1. The van der Waals surface area contributed by atoms with Gasteiger partial charge in [0.15, 0.2) is 6.04 Å². The van der Waals surface area contributed by atoms with Crippen LogP contribution < -0.4 is 10.6 Å². The van der Waals surface area contributed by atoms with E-state index in [4.69, 9.17) is 0 Å². The first kappa shape index (κ1) is 15.4. The van der Waals surface area contributed by atoms with Crippen LogP contribution in [0.1, 0.15) is 37.8 Å². The summed E-state index contributed by atoms with van der Waals surface area (Å²) in [5.74, 6) is 0.0519. The summed E-state index contributed by atoms with van der Waals surface area (Å²) in [6.45, 7) is 2.80. The molecule has 2 unspecified atom stereocenters. The summed E-state index contributed by atoms with van der Waals surface area (Å²) in [7, 11) is 0. The molecule has 5 nitrogen and oxygen atoms in total. The molecule has 2 rings (SSSR count). The van der Waals surface area contributed by atoms with Crippen molar-refractivity contribution in [3.63, 3.8) is 0 Å². The lowest BCUT2D eigenvalue weighted by Crippen LogP contribution is -2.42. The van der Waals surface area contributed by atoms with Crippen LogP contribution >= 0.6 is 0 Å². The van der Waals surface area contributed by atoms with Crippen LogP contribution in [-0.2, 0) is 4.79 Å². The molecule has 1 aliphatic carbocycles. The number of rotatable bonds is 5. The number of nitrogens with one attached hydrogen (secondary N) is 2. The molecule has 0 bridgehead atoms. The molecule has 0 heterocycles.